The fraction of sp³-hybridized carbons (Fsp3) is 0.625. The molecule has 1 rings (SSSR count). The van der Waals surface area contributed by atoms with Crippen LogP contribution >= 0.6 is 11.6 Å². The zero-order valence-corrected chi connectivity index (χ0v) is 13.7. The number of hydrogen-bond donors (Lipinski definition) is 1. The Balaban J connectivity index is 2.97. The second-order valence-electron chi connectivity index (χ2n) is 6.08. The average Bonchev–Trinajstić information content (AvgIpc) is 2.36. The molecule has 1 aromatic rings. The average molecular weight is 302 g/mol. The predicted octanol–water partition coefficient (Wildman–Crippen LogP) is 4.06. The predicted molar refractivity (Wildman–Crippen MR) is 82.8 cm³/mol. The zero-order chi connectivity index (χ0) is 15.3. The monoisotopic (exact) mass is 301 g/mol. The van der Waals surface area contributed by atoms with E-state index in [2.05, 4.69) is 26.1 Å². The van der Waals surface area contributed by atoms with Gasteiger partial charge in [0.15, 0.2) is 0 Å². The maximum Gasteiger partial charge on any atom is 0.123 e. The van der Waals surface area contributed by atoms with Crippen molar-refractivity contribution >= 4 is 11.6 Å². The second kappa shape index (κ2) is 7.39. The molecule has 114 valence electrons. The van der Waals surface area contributed by atoms with Gasteiger partial charge in [-0.1, -0.05) is 32.4 Å². The first-order chi connectivity index (χ1) is 9.29. The van der Waals surface area contributed by atoms with Crippen molar-refractivity contribution in [2.75, 3.05) is 13.7 Å². The molecule has 0 spiro atoms. The van der Waals surface area contributed by atoms with Crippen LogP contribution in [0.1, 0.15) is 33.3 Å². The van der Waals surface area contributed by atoms with Crippen molar-refractivity contribution in [3.63, 3.8) is 0 Å². The van der Waals surface area contributed by atoms with E-state index in [1.54, 1.807) is 6.07 Å². The van der Waals surface area contributed by atoms with Crippen LogP contribution in [0.2, 0.25) is 5.02 Å². The van der Waals surface area contributed by atoms with E-state index in [1.807, 2.05) is 14.0 Å². The Morgan fingerprint density at radius 1 is 1.35 bits per heavy atom. The molecule has 2 unspecified atom stereocenters. The minimum Gasteiger partial charge on any atom is -0.376 e. The molecule has 0 aliphatic carbocycles. The standard InChI is InChI=1S/C16H25ClFNO/c1-6-20-15(16(2,3)4)14(19-5)10-11-9-12(18)7-8-13(11)17/h7-9,14-15,19H,6,10H2,1-5H3. The van der Waals surface area contributed by atoms with Crippen molar-refractivity contribution in [3.05, 3.63) is 34.6 Å². The van der Waals surface area contributed by atoms with E-state index in [0.717, 1.165) is 5.56 Å². The lowest BCUT2D eigenvalue weighted by Gasteiger charge is -2.37. The third kappa shape index (κ3) is 4.72. The summed E-state index contributed by atoms with van der Waals surface area (Å²) >= 11 is 6.16. The molecule has 0 aromatic heterocycles. The van der Waals surface area contributed by atoms with Crippen molar-refractivity contribution in [2.24, 2.45) is 5.41 Å². The van der Waals surface area contributed by atoms with Gasteiger partial charge < -0.3 is 10.1 Å². The normalized spacial score (nSPS) is 15.2. The molecule has 4 heteroatoms. The minimum absolute atomic E-state index is 0.0104. The quantitative estimate of drug-likeness (QED) is 0.855. The lowest BCUT2D eigenvalue weighted by Crippen LogP contribution is -2.48. The Bertz CT molecular complexity index is 431. The van der Waals surface area contributed by atoms with Crippen LogP contribution in [0.4, 0.5) is 4.39 Å². The highest BCUT2D eigenvalue weighted by Gasteiger charge is 2.32. The Hall–Kier alpha value is -0.640. The first kappa shape index (κ1) is 17.4. The van der Waals surface area contributed by atoms with Crippen molar-refractivity contribution < 1.29 is 9.13 Å². The van der Waals surface area contributed by atoms with Gasteiger partial charge in [0.2, 0.25) is 0 Å². The smallest absolute Gasteiger partial charge is 0.123 e. The van der Waals surface area contributed by atoms with Gasteiger partial charge in [-0.2, -0.15) is 0 Å². The van der Waals surface area contributed by atoms with Gasteiger partial charge in [-0.3, -0.25) is 0 Å². The highest BCUT2D eigenvalue weighted by molar-refractivity contribution is 6.31. The number of rotatable bonds is 6. The molecule has 0 heterocycles. The van der Waals surface area contributed by atoms with Gasteiger partial charge in [-0.25, -0.2) is 4.39 Å². The summed E-state index contributed by atoms with van der Waals surface area (Å²) in [6.07, 6.45) is 0.659. The van der Waals surface area contributed by atoms with Gasteiger partial charge in [0, 0.05) is 17.7 Å². The highest BCUT2D eigenvalue weighted by Crippen LogP contribution is 2.28. The van der Waals surface area contributed by atoms with Crippen LogP contribution in [-0.4, -0.2) is 25.8 Å². The van der Waals surface area contributed by atoms with Gasteiger partial charge in [0.05, 0.1) is 6.10 Å². The third-order valence-corrected chi connectivity index (χ3v) is 3.75. The van der Waals surface area contributed by atoms with E-state index in [9.17, 15) is 4.39 Å². The second-order valence-corrected chi connectivity index (χ2v) is 6.48. The number of ether oxygens (including phenoxy) is 1. The van der Waals surface area contributed by atoms with E-state index < -0.39 is 0 Å². The molecule has 0 aliphatic rings. The number of halogens is 2. The van der Waals surface area contributed by atoms with E-state index in [4.69, 9.17) is 16.3 Å². The molecule has 1 N–H and O–H groups in total. The lowest BCUT2D eigenvalue weighted by molar-refractivity contribution is -0.0340. The van der Waals surface area contributed by atoms with E-state index >= 15 is 0 Å². The van der Waals surface area contributed by atoms with Gasteiger partial charge in [-0.05, 0) is 49.6 Å². The maximum atomic E-state index is 13.4. The highest BCUT2D eigenvalue weighted by atomic mass is 35.5. The molecule has 0 amide bonds. The van der Waals surface area contributed by atoms with Gasteiger partial charge >= 0.3 is 0 Å². The number of nitrogens with one attached hydrogen (secondary N) is 1. The first-order valence-corrected chi connectivity index (χ1v) is 7.40. The van der Waals surface area contributed by atoms with Crippen molar-refractivity contribution in [2.45, 2.75) is 46.3 Å². The van der Waals surface area contributed by atoms with Crippen LogP contribution in [0.5, 0.6) is 0 Å². The summed E-state index contributed by atoms with van der Waals surface area (Å²) in [6.45, 7) is 9.07. The van der Waals surface area contributed by atoms with Crippen molar-refractivity contribution in [1.29, 1.82) is 0 Å². The van der Waals surface area contributed by atoms with Crippen molar-refractivity contribution in [1.82, 2.24) is 5.32 Å². The molecule has 2 nitrogen and oxygen atoms in total. The summed E-state index contributed by atoms with van der Waals surface area (Å²) in [7, 11) is 1.90. The van der Waals surface area contributed by atoms with E-state index in [1.165, 1.54) is 12.1 Å². The Labute approximate surface area is 126 Å². The largest absolute Gasteiger partial charge is 0.376 e. The lowest BCUT2D eigenvalue weighted by atomic mass is 9.82. The van der Waals surface area contributed by atoms with Gasteiger partial charge in [-0.15, -0.1) is 0 Å². The van der Waals surface area contributed by atoms with Crippen LogP contribution in [0.25, 0.3) is 0 Å². The minimum atomic E-state index is -0.261. The zero-order valence-electron chi connectivity index (χ0n) is 13.0. The molecule has 0 aliphatic heterocycles. The summed E-state index contributed by atoms with van der Waals surface area (Å²) in [4.78, 5) is 0. The molecule has 2 atom stereocenters. The summed E-state index contributed by atoms with van der Waals surface area (Å²) < 4.78 is 19.3. The summed E-state index contributed by atoms with van der Waals surface area (Å²) in [6, 6.07) is 4.56. The fourth-order valence-electron chi connectivity index (χ4n) is 2.45. The molecule has 20 heavy (non-hydrogen) atoms. The first-order valence-electron chi connectivity index (χ1n) is 7.02. The van der Waals surface area contributed by atoms with Gasteiger partial charge in [0.1, 0.15) is 5.82 Å². The van der Waals surface area contributed by atoms with Gasteiger partial charge in [0.25, 0.3) is 0 Å². The fourth-order valence-corrected chi connectivity index (χ4v) is 2.64. The summed E-state index contributed by atoms with van der Waals surface area (Å²) in [5, 5.41) is 3.88. The Morgan fingerprint density at radius 2 is 2.00 bits per heavy atom. The summed E-state index contributed by atoms with van der Waals surface area (Å²) in [5.74, 6) is -0.261. The van der Waals surface area contributed by atoms with Crippen LogP contribution in [0.15, 0.2) is 18.2 Å². The summed E-state index contributed by atoms with van der Waals surface area (Å²) in [5.41, 5.74) is 0.795. The molecule has 0 bridgehead atoms. The molecule has 0 fully saturated rings. The molecular formula is C16H25ClFNO. The molecule has 0 saturated carbocycles. The van der Waals surface area contributed by atoms with E-state index in [-0.39, 0.29) is 23.4 Å². The SMILES string of the molecule is CCOC(C(Cc1cc(F)ccc1Cl)NC)C(C)(C)C. The van der Waals surface area contributed by atoms with Crippen molar-refractivity contribution in [3.8, 4) is 0 Å². The molecule has 0 saturated heterocycles. The number of likely N-dealkylation sites (N-methyl/N-ethyl adjacent to an activating group) is 1. The topological polar surface area (TPSA) is 21.3 Å². The van der Waals surface area contributed by atoms with Crippen LogP contribution in [-0.2, 0) is 11.2 Å². The number of hydrogen-bond acceptors (Lipinski definition) is 2. The molecular weight excluding hydrogens is 277 g/mol. The third-order valence-electron chi connectivity index (χ3n) is 3.38. The van der Waals surface area contributed by atoms with E-state index in [0.29, 0.717) is 18.1 Å². The van der Waals surface area contributed by atoms with Crippen LogP contribution < -0.4 is 5.32 Å². The van der Waals surface area contributed by atoms with Crippen LogP contribution in [0.3, 0.4) is 0 Å². The Morgan fingerprint density at radius 3 is 2.50 bits per heavy atom. The number of benzene rings is 1. The maximum absolute atomic E-state index is 13.4. The Kier molecular flexibility index (Phi) is 6.44. The van der Waals surface area contributed by atoms with Crippen LogP contribution in [0, 0.1) is 11.2 Å². The molecule has 0 radical (unpaired) electrons. The molecule has 1 aromatic carbocycles.